The lowest BCUT2D eigenvalue weighted by Gasteiger charge is -2.33. The van der Waals surface area contributed by atoms with Crippen LogP contribution in [0.2, 0.25) is 0 Å². The van der Waals surface area contributed by atoms with E-state index in [9.17, 15) is 13.2 Å². The fraction of sp³-hybridized carbons (Fsp3) is 0.529. The SMILES string of the molecule is CCNC(=O)N1CCN(S(=O)(=O)N[C@H]2C[C@@H]2c2ccccc2)CC1.O=C(O)O. The maximum absolute atomic E-state index is 12.5. The van der Waals surface area contributed by atoms with Crippen molar-refractivity contribution < 1.29 is 28.2 Å². The van der Waals surface area contributed by atoms with Gasteiger partial charge in [0.2, 0.25) is 0 Å². The van der Waals surface area contributed by atoms with Crippen LogP contribution in [0.1, 0.15) is 24.8 Å². The zero-order valence-electron chi connectivity index (χ0n) is 15.6. The van der Waals surface area contributed by atoms with Crippen LogP contribution in [0.4, 0.5) is 9.59 Å². The Hall–Kier alpha value is -2.37. The predicted octanol–water partition coefficient (Wildman–Crippen LogP) is 0.946. The van der Waals surface area contributed by atoms with Gasteiger partial charge in [0.25, 0.3) is 10.2 Å². The van der Waals surface area contributed by atoms with Crippen molar-refractivity contribution in [1.29, 1.82) is 0 Å². The molecule has 1 saturated carbocycles. The number of nitrogens with zero attached hydrogens (tertiary/aromatic N) is 2. The van der Waals surface area contributed by atoms with E-state index in [1.54, 1.807) is 4.90 Å². The largest absolute Gasteiger partial charge is 0.503 e. The lowest BCUT2D eigenvalue weighted by molar-refractivity contribution is 0.137. The van der Waals surface area contributed by atoms with Crippen molar-refractivity contribution >= 4 is 22.4 Å². The van der Waals surface area contributed by atoms with Crippen molar-refractivity contribution in [1.82, 2.24) is 19.2 Å². The van der Waals surface area contributed by atoms with Crippen molar-refractivity contribution in [2.24, 2.45) is 0 Å². The van der Waals surface area contributed by atoms with E-state index in [4.69, 9.17) is 15.0 Å². The molecule has 156 valence electrons. The summed E-state index contributed by atoms with van der Waals surface area (Å²) in [5.74, 6) is 0.262. The number of hydrogen-bond donors (Lipinski definition) is 4. The third-order valence-electron chi connectivity index (χ3n) is 4.51. The van der Waals surface area contributed by atoms with E-state index in [-0.39, 0.29) is 18.0 Å². The van der Waals surface area contributed by atoms with Crippen molar-refractivity contribution in [3.63, 3.8) is 0 Å². The first-order chi connectivity index (χ1) is 13.2. The van der Waals surface area contributed by atoms with Gasteiger partial charge in [0.15, 0.2) is 0 Å². The Balaban J connectivity index is 0.000000640. The highest BCUT2D eigenvalue weighted by molar-refractivity contribution is 7.87. The number of hydrogen-bond acceptors (Lipinski definition) is 4. The molecule has 2 fully saturated rings. The number of rotatable bonds is 5. The molecule has 0 radical (unpaired) electrons. The number of carbonyl (C=O) groups is 2. The van der Waals surface area contributed by atoms with Gasteiger partial charge in [-0.2, -0.15) is 17.4 Å². The summed E-state index contributed by atoms with van der Waals surface area (Å²) in [4.78, 5) is 22.0. The van der Waals surface area contributed by atoms with E-state index >= 15 is 0 Å². The standard InChI is InChI=1S/C16H24N4O3S.CH2O3/c1-2-17-16(21)19-8-10-20(11-9-19)24(22,23)18-15-12-14(15)13-6-4-3-5-7-13;2-1(3)4/h3-7,14-15,18H,2,8-12H2,1H3,(H,17,21);(H2,2,3,4)/t14-,15+;/m1./s1. The van der Waals surface area contributed by atoms with Crippen LogP contribution in [0.15, 0.2) is 30.3 Å². The monoisotopic (exact) mass is 414 g/mol. The van der Waals surface area contributed by atoms with Gasteiger partial charge < -0.3 is 20.4 Å². The summed E-state index contributed by atoms with van der Waals surface area (Å²) in [5.41, 5.74) is 1.17. The molecule has 1 aromatic rings. The Morgan fingerprint density at radius 1 is 1.11 bits per heavy atom. The van der Waals surface area contributed by atoms with E-state index in [1.807, 2.05) is 37.3 Å². The maximum atomic E-state index is 12.5. The molecule has 1 aliphatic heterocycles. The van der Waals surface area contributed by atoms with Gasteiger partial charge in [-0.3, -0.25) is 0 Å². The van der Waals surface area contributed by atoms with Gasteiger partial charge in [0.1, 0.15) is 0 Å². The average Bonchev–Trinajstić information content (AvgIpc) is 3.41. The number of benzene rings is 1. The molecular formula is C17H26N4O6S. The second-order valence-corrected chi connectivity index (χ2v) is 8.19. The molecule has 1 aromatic carbocycles. The lowest BCUT2D eigenvalue weighted by atomic mass is 10.1. The van der Waals surface area contributed by atoms with Gasteiger partial charge in [-0.1, -0.05) is 30.3 Å². The third kappa shape index (κ3) is 6.36. The number of amides is 2. The van der Waals surface area contributed by atoms with Crippen LogP contribution in [0.3, 0.4) is 0 Å². The molecule has 0 unspecified atom stereocenters. The fourth-order valence-corrected chi connectivity index (χ4v) is 4.49. The fourth-order valence-electron chi connectivity index (χ4n) is 3.05. The van der Waals surface area contributed by atoms with E-state index in [0.29, 0.717) is 32.7 Å². The molecule has 1 aliphatic carbocycles. The van der Waals surface area contributed by atoms with Gasteiger partial charge in [0, 0.05) is 44.7 Å². The number of piperazine rings is 1. The number of carboxylic acid groups (broad SMARTS) is 2. The molecule has 1 saturated heterocycles. The minimum atomic E-state index is -3.50. The summed E-state index contributed by atoms with van der Waals surface area (Å²) in [6.45, 7) is 3.92. The molecule has 3 rings (SSSR count). The highest BCUT2D eigenvalue weighted by Gasteiger charge is 2.42. The summed E-state index contributed by atoms with van der Waals surface area (Å²) >= 11 is 0. The molecule has 0 spiro atoms. The van der Waals surface area contributed by atoms with Crippen molar-refractivity contribution in [3.8, 4) is 0 Å². The van der Waals surface area contributed by atoms with Crippen LogP contribution in [0, 0.1) is 0 Å². The molecule has 28 heavy (non-hydrogen) atoms. The second-order valence-electron chi connectivity index (χ2n) is 6.49. The van der Waals surface area contributed by atoms with Gasteiger partial charge in [-0.25, -0.2) is 9.59 Å². The summed E-state index contributed by atoms with van der Waals surface area (Å²) in [5, 5.41) is 16.7. The Bertz CT molecular complexity index is 761. The number of urea groups is 1. The van der Waals surface area contributed by atoms with Crippen molar-refractivity contribution in [2.75, 3.05) is 32.7 Å². The highest BCUT2D eigenvalue weighted by atomic mass is 32.2. The molecule has 2 aliphatic rings. The van der Waals surface area contributed by atoms with E-state index in [0.717, 1.165) is 6.42 Å². The molecule has 11 heteroatoms. The van der Waals surface area contributed by atoms with Gasteiger partial charge in [-0.15, -0.1) is 0 Å². The minimum Gasteiger partial charge on any atom is -0.450 e. The molecular weight excluding hydrogens is 388 g/mol. The minimum absolute atomic E-state index is 0.0289. The first-order valence-electron chi connectivity index (χ1n) is 9.01. The normalized spacial score (nSPS) is 22.0. The Kier molecular flexibility index (Phi) is 7.61. The smallest absolute Gasteiger partial charge is 0.450 e. The van der Waals surface area contributed by atoms with E-state index in [2.05, 4.69) is 10.0 Å². The van der Waals surface area contributed by atoms with Gasteiger partial charge in [-0.05, 0) is 18.9 Å². The zero-order chi connectivity index (χ0) is 20.7. The van der Waals surface area contributed by atoms with Crippen LogP contribution >= 0.6 is 0 Å². The average molecular weight is 414 g/mol. The van der Waals surface area contributed by atoms with Crippen LogP contribution in [-0.4, -0.2) is 78.8 Å². The highest BCUT2D eigenvalue weighted by Crippen LogP contribution is 2.41. The Labute approximate surface area is 164 Å². The third-order valence-corrected chi connectivity index (χ3v) is 6.16. The van der Waals surface area contributed by atoms with E-state index < -0.39 is 16.4 Å². The topological polar surface area (TPSA) is 139 Å². The molecule has 0 aromatic heterocycles. The lowest BCUT2D eigenvalue weighted by Crippen LogP contribution is -2.55. The summed E-state index contributed by atoms with van der Waals surface area (Å²) in [7, 11) is -3.50. The summed E-state index contributed by atoms with van der Waals surface area (Å²) in [6, 6.07) is 9.81. The summed E-state index contributed by atoms with van der Waals surface area (Å²) < 4.78 is 29.3. The predicted molar refractivity (Wildman–Crippen MR) is 103 cm³/mol. The van der Waals surface area contributed by atoms with Gasteiger partial charge in [0.05, 0.1) is 0 Å². The summed E-state index contributed by atoms with van der Waals surface area (Å²) in [6.07, 6.45) is -0.998. The first kappa shape index (κ1) is 21.9. The molecule has 2 atom stereocenters. The quantitative estimate of drug-likeness (QED) is 0.566. The van der Waals surface area contributed by atoms with Crippen LogP contribution in [-0.2, 0) is 10.2 Å². The number of carbonyl (C=O) groups excluding carboxylic acids is 1. The molecule has 4 N–H and O–H groups in total. The zero-order valence-corrected chi connectivity index (χ0v) is 16.4. The van der Waals surface area contributed by atoms with Crippen LogP contribution < -0.4 is 10.0 Å². The number of nitrogens with one attached hydrogen (secondary N) is 2. The van der Waals surface area contributed by atoms with Crippen LogP contribution in [0.5, 0.6) is 0 Å². The molecule has 0 bridgehead atoms. The van der Waals surface area contributed by atoms with Gasteiger partial charge >= 0.3 is 12.2 Å². The first-order valence-corrected chi connectivity index (χ1v) is 10.5. The van der Waals surface area contributed by atoms with Crippen molar-refractivity contribution in [2.45, 2.75) is 25.3 Å². The van der Waals surface area contributed by atoms with Crippen molar-refractivity contribution in [3.05, 3.63) is 35.9 Å². The molecule has 10 nitrogen and oxygen atoms in total. The second kappa shape index (κ2) is 9.71. The Morgan fingerprint density at radius 2 is 1.68 bits per heavy atom. The Morgan fingerprint density at radius 3 is 2.21 bits per heavy atom. The molecule has 2 amide bonds. The molecule has 1 heterocycles. The van der Waals surface area contributed by atoms with Crippen LogP contribution in [0.25, 0.3) is 0 Å². The maximum Gasteiger partial charge on any atom is 0.503 e. The van der Waals surface area contributed by atoms with E-state index in [1.165, 1.54) is 9.87 Å².